The molecule has 2 N–H and O–H groups in total. The second-order valence-electron chi connectivity index (χ2n) is 4.50. The van der Waals surface area contributed by atoms with Crippen molar-refractivity contribution >= 4 is 0 Å². The van der Waals surface area contributed by atoms with Crippen LogP contribution in [0.15, 0.2) is 36.7 Å². The van der Waals surface area contributed by atoms with E-state index in [2.05, 4.69) is 11.2 Å². The van der Waals surface area contributed by atoms with Gasteiger partial charge in [-0.25, -0.2) is 0 Å². The van der Waals surface area contributed by atoms with Gasteiger partial charge in [-0.3, -0.25) is 4.68 Å². The van der Waals surface area contributed by atoms with Crippen molar-refractivity contribution in [3.8, 4) is 5.75 Å². The Hall–Kier alpha value is -1.81. The third-order valence-corrected chi connectivity index (χ3v) is 2.93. The van der Waals surface area contributed by atoms with E-state index in [1.807, 2.05) is 37.6 Å². The first-order valence-electron chi connectivity index (χ1n) is 6.04. The molecule has 4 heteroatoms. The van der Waals surface area contributed by atoms with E-state index in [0.717, 1.165) is 24.2 Å². The van der Waals surface area contributed by atoms with Gasteiger partial charge in [0.25, 0.3) is 0 Å². The maximum Gasteiger partial charge on any atom is 0.122 e. The second-order valence-corrected chi connectivity index (χ2v) is 4.50. The van der Waals surface area contributed by atoms with E-state index in [1.165, 1.54) is 5.56 Å². The van der Waals surface area contributed by atoms with Crippen LogP contribution in [0.3, 0.4) is 0 Å². The quantitative estimate of drug-likeness (QED) is 0.869. The number of nitrogens with two attached hydrogens (primary N) is 1. The van der Waals surface area contributed by atoms with Crippen molar-refractivity contribution in [1.82, 2.24) is 9.78 Å². The van der Waals surface area contributed by atoms with Crippen LogP contribution >= 0.6 is 0 Å². The van der Waals surface area contributed by atoms with E-state index in [4.69, 9.17) is 10.5 Å². The molecule has 0 aliphatic rings. The molecule has 0 aliphatic heterocycles. The van der Waals surface area contributed by atoms with E-state index < -0.39 is 0 Å². The Bertz CT molecular complexity index is 507. The highest BCUT2D eigenvalue weighted by molar-refractivity contribution is 5.34. The summed E-state index contributed by atoms with van der Waals surface area (Å²) >= 11 is 0. The van der Waals surface area contributed by atoms with Crippen molar-refractivity contribution in [2.45, 2.75) is 18.9 Å². The Morgan fingerprint density at radius 2 is 2.11 bits per heavy atom. The van der Waals surface area contributed by atoms with Gasteiger partial charge in [-0.15, -0.1) is 0 Å². The molecule has 18 heavy (non-hydrogen) atoms. The molecule has 0 aliphatic carbocycles. The first kappa shape index (κ1) is 12.6. The number of methoxy groups -OCH3 is 1. The molecule has 0 saturated heterocycles. The van der Waals surface area contributed by atoms with Crippen LogP contribution in [0.4, 0.5) is 0 Å². The first-order chi connectivity index (χ1) is 8.69. The normalized spacial score (nSPS) is 12.4. The van der Waals surface area contributed by atoms with Crippen molar-refractivity contribution in [2.75, 3.05) is 7.11 Å². The second kappa shape index (κ2) is 5.69. The van der Waals surface area contributed by atoms with E-state index in [9.17, 15) is 0 Å². The number of hydrogen-bond donors (Lipinski definition) is 1. The molecule has 2 aromatic rings. The summed E-state index contributed by atoms with van der Waals surface area (Å²) < 4.78 is 7.13. The van der Waals surface area contributed by atoms with Crippen LogP contribution in [0.2, 0.25) is 0 Å². The van der Waals surface area contributed by atoms with Gasteiger partial charge in [0.2, 0.25) is 0 Å². The standard InChI is InChI=1S/C14H19N3O/c1-17-10-11(9-16-17)7-13(15)8-12-5-3-4-6-14(12)18-2/h3-6,9-10,13H,7-8,15H2,1-2H3. The number of ether oxygens (including phenoxy) is 1. The van der Waals surface area contributed by atoms with E-state index in [1.54, 1.807) is 11.8 Å². The summed E-state index contributed by atoms with van der Waals surface area (Å²) in [6, 6.07) is 8.07. The third-order valence-electron chi connectivity index (χ3n) is 2.93. The van der Waals surface area contributed by atoms with Crippen molar-refractivity contribution < 1.29 is 4.74 Å². The minimum atomic E-state index is 0.0745. The third kappa shape index (κ3) is 3.11. The lowest BCUT2D eigenvalue weighted by Crippen LogP contribution is -2.25. The number of benzene rings is 1. The summed E-state index contributed by atoms with van der Waals surface area (Å²) in [5.74, 6) is 0.902. The zero-order valence-corrected chi connectivity index (χ0v) is 10.8. The maximum absolute atomic E-state index is 6.18. The molecule has 2 rings (SSSR count). The van der Waals surface area contributed by atoms with Crippen molar-refractivity contribution in [2.24, 2.45) is 12.8 Å². The topological polar surface area (TPSA) is 53.1 Å². The minimum Gasteiger partial charge on any atom is -0.496 e. The molecule has 1 unspecified atom stereocenters. The molecule has 1 aromatic carbocycles. The lowest BCUT2D eigenvalue weighted by Gasteiger charge is -2.13. The Morgan fingerprint density at radius 1 is 1.33 bits per heavy atom. The van der Waals surface area contributed by atoms with Crippen LogP contribution in [0.25, 0.3) is 0 Å². The van der Waals surface area contributed by atoms with E-state index in [-0.39, 0.29) is 6.04 Å². The summed E-state index contributed by atoms with van der Waals surface area (Å²) in [5.41, 5.74) is 8.49. The van der Waals surface area contributed by atoms with Crippen LogP contribution in [0.5, 0.6) is 5.75 Å². The van der Waals surface area contributed by atoms with Gasteiger partial charge in [-0.1, -0.05) is 18.2 Å². The molecule has 0 radical (unpaired) electrons. The average Bonchev–Trinajstić information content (AvgIpc) is 2.75. The maximum atomic E-state index is 6.18. The van der Waals surface area contributed by atoms with Gasteiger partial charge < -0.3 is 10.5 Å². The monoisotopic (exact) mass is 245 g/mol. The van der Waals surface area contributed by atoms with Crippen molar-refractivity contribution in [1.29, 1.82) is 0 Å². The zero-order valence-electron chi connectivity index (χ0n) is 10.8. The highest BCUT2D eigenvalue weighted by Crippen LogP contribution is 2.19. The molecule has 0 spiro atoms. The molecule has 0 bridgehead atoms. The van der Waals surface area contributed by atoms with Crippen LogP contribution in [-0.2, 0) is 19.9 Å². The zero-order chi connectivity index (χ0) is 13.0. The summed E-state index contributed by atoms with van der Waals surface area (Å²) in [6.07, 6.45) is 5.50. The van der Waals surface area contributed by atoms with Gasteiger partial charge >= 0.3 is 0 Å². The van der Waals surface area contributed by atoms with Gasteiger partial charge in [-0.05, 0) is 30.0 Å². The molecule has 0 fully saturated rings. The summed E-state index contributed by atoms with van der Waals surface area (Å²) in [6.45, 7) is 0. The van der Waals surface area contributed by atoms with Crippen LogP contribution in [0, 0.1) is 0 Å². The lowest BCUT2D eigenvalue weighted by atomic mass is 10.0. The van der Waals surface area contributed by atoms with Crippen LogP contribution in [-0.4, -0.2) is 22.9 Å². The molecular weight excluding hydrogens is 226 g/mol. The van der Waals surface area contributed by atoms with E-state index >= 15 is 0 Å². The van der Waals surface area contributed by atoms with Gasteiger partial charge in [0.1, 0.15) is 5.75 Å². The highest BCUT2D eigenvalue weighted by atomic mass is 16.5. The summed E-state index contributed by atoms with van der Waals surface area (Å²) in [7, 11) is 3.60. The fourth-order valence-corrected chi connectivity index (χ4v) is 2.11. The number of aryl methyl sites for hydroxylation is 1. The van der Waals surface area contributed by atoms with Crippen LogP contribution < -0.4 is 10.5 Å². The molecule has 4 nitrogen and oxygen atoms in total. The highest BCUT2D eigenvalue weighted by Gasteiger charge is 2.10. The number of para-hydroxylation sites is 1. The fraction of sp³-hybridized carbons (Fsp3) is 0.357. The number of rotatable bonds is 5. The molecule has 1 aromatic heterocycles. The smallest absolute Gasteiger partial charge is 0.122 e. The SMILES string of the molecule is COc1ccccc1CC(N)Cc1cnn(C)c1. The molecule has 1 heterocycles. The fourth-order valence-electron chi connectivity index (χ4n) is 2.11. The van der Waals surface area contributed by atoms with Gasteiger partial charge in [0, 0.05) is 19.3 Å². The molecule has 0 amide bonds. The number of nitrogens with zero attached hydrogens (tertiary/aromatic N) is 2. The predicted octanol–water partition coefficient (Wildman–Crippen LogP) is 1.54. The Morgan fingerprint density at radius 3 is 2.78 bits per heavy atom. The van der Waals surface area contributed by atoms with Gasteiger partial charge in [0.15, 0.2) is 0 Å². The predicted molar refractivity (Wildman–Crippen MR) is 71.6 cm³/mol. The van der Waals surface area contributed by atoms with E-state index in [0.29, 0.717) is 0 Å². The van der Waals surface area contributed by atoms with Gasteiger partial charge in [0.05, 0.1) is 13.3 Å². The summed E-state index contributed by atoms with van der Waals surface area (Å²) in [4.78, 5) is 0. The first-order valence-corrected chi connectivity index (χ1v) is 6.04. The molecule has 1 atom stereocenters. The number of hydrogen-bond acceptors (Lipinski definition) is 3. The largest absolute Gasteiger partial charge is 0.496 e. The molecule has 96 valence electrons. The van der Waals surface area contributed by atoms with Crippen molar-refractivity contribution in [3.63, 3.8) is 0 Å². The lowest BCUT2D eigenvalue weighted by molar-refractivity contribution is 0.408. The Kier molecular flexibility index (Phi) is 3.99. The molecular formula is C14H19N3O. The summed E-state index contributed by atoms with van der Waals surface area (Å²) in [5, 5.41) is 4.15. The van der Waals surface area contributed by atoms with Crippen LogP contribution in [0.1, 0.15) is 11.1 Å². The molecule has 0 saturated carbocycles. The Labute approximate surface area is 107 Å². The van der Waals surface area contributed by atoms with Crippen molar-refractivity contribution in [3.05, 3.63) is 47.8 Å². The van der Waals surface area contributed by atoms with Gasteiger partial charge in [-0.2, -0.15) is 5.10 Å². The minimum absolute atomic E-state index is 0.0745. The number of aromatic nitrogens is 2. The average molecular weight is 245 g/mol. The Balaban J connectivity index is 2.00.